The minimum absolute atomic E-state index is 0.0310. The molecule has 3 atom stereocenters. The van der Waals surface area contributed by atoms with Gasteiger partial charge in [0.15, 0.2) is 0 Å². The van der Waals surface area contributed by atoms with Gasteiger partial charge < -0.3 is 10.2 Å². The van der Waals surface area contributed by atoms with Crippen LogP contribution in [-0.2, 0) is 6.18 Å². The van der Waals surface area contributed by atoms with Gasteiger partial charge in [-0.05, 0) is 66.1 Å². The number of carbonyl (C=O) groups excluding carboxylic acids is 1. The van der Waals surface area contributed by atoms with E-state index in [0.717, 1.165) is 25.1 Å². The molecular weight excluding hydrogens is 489 g/mol. The van der Waals surface area contributed by atoms with Gasteiger partial charge in [-0.15, -0.1) is 0 Å². The molecule has 1 aromatic heterocycles. The van der Waals surface area contributed by atoms with E-state index in [2.05, 4.69) is 10.3 Å². The predicted molar refractivity (Wildman–Crippen MR) is 103 cm³/mol. The molecule has 0 radical (unpaired) electrons. The van der Waals surface area contributed by atoms with Crippen molar-refractivity contribution in [2.24, 2.45) is 0 Å². The van der Waals surface area contributed by atoms with Crippen LogP contribution >= 0.6 is 22.6 Å². The number of aromatic nitrogens is 1. The molecule has 1 amide bonds. The first-order valence-electron chi connectivity index (χ1n) is 8.82. The van der Waals surface area contributed by atoms with Crippen LogP contribution in [0.25, 0.3) is 0 Å². The first-order valence-corrected chi connectivity index (χ1v) is 9.90. The third-order valence-corrected chi connectivity index (χ3v) is 6.47. The fraction of sp³-hybridized carbons (Fsp3) is 0.368. The molecule has 0 unspecified atom stereocenters. The molecule has 0 saturated carbocycles. The van der Waals surface area contributed by atoms with Crippen LogP contribution < -0.4 is 5.32 Å². The second-order valence-corrected chi connectivity index (χ2v) is 8.11. The number of nitrogens with one attached hydrogen (secondary N) is 1. The molecule has 3 heterocycles. The maximum atomic E-state index is 13.8. The lowest BCUT2D eigenvalue weighted by molar-refractivity contribution is -0.137. The largest absolute Gasteiger partial charge is 0.417 e. The van der Waals surface area contributed by atoms with E-state index in [1.807, 2.05) is 22.6 Å². The van der Waals surface area contributed by atoms with Crippen molar-refractivity contribution >= 4 is 34.3 Å². The maximum absolute atomic E-state index is 13.8. The second kappa shape index (κ2) is 7.16. The molecule has 0 aliphatic carbocycles. The summed E-state index contributed by atoms with van der Waals surface area (Å²) in [6.45, 7) is 0. The average Bonchev–Trinajstić information content (AvgIpc) is 3.21. The summed E-state index contributed by atoms with van der Waals surface area (Å²) in [5.74, 6) is -0.291. The zero-order valence-corrected chi connectivity index (χ0v) is 16.7. The Labute approximate surface area is 172 Å². The van der Waals surface area contributed by atoms with Crippen molar-refractivity contribution in [2.75, 3.05) is 5.32 Å². The van der Waals surface area contributed by atoms with E-state index in [9.17, 15) is 22.4 Å². The summed E-state index contributed by atoms with van der Waals surface area (Å²) in [4.78, 5) is 18.7. The van der Waals surface area contributed by atoms with Gasteiger partial charge in [0.25, 0.3) is 5.91 Å². The van der Waals surface area contributed by atoms with Crippen LogP contribution in [0.15, 0.2) is 36.5 Å². The smallest absolute Gasteiger partial charge is 0.365 e. The number of anilines is 1. The summed E-state index contributed by atoms with van der Waals surface area (Å²) in [5.41, 5.74) is -0.464. The van der Waals surface area contributed by atoms with Crippen LogP contribution in [0.1, 0.15) is 35.2 Å². The number of halogens is 5. The molecule has 2 aromatic rings. The lowest BCUT2D eigenvalue weighted by Crippen LogP contribution is -2.40. The van der Waals surface area contributed by atoms with Crippen LogP contribution in [-0.4, -0.2) is 33.9 Å². The summed E-state index contributed by atoms with van der Waals surface area (Å²) in [7, 11) is 0. The number of carbonyl (C=O) groups is 1. The fourth-order valence-corrected chi connectivity index (χ4v) is 4.70. The summed E-state index contributed by atoms with van der Waals surface area (Å²) in [5, 5.41) is 3.16. The molecule has 1 N–H and O–H groups in total. The second-order valence-electron chi connectivity index (χ2n) is 7.03. The number of nitrogens with zero attached hydrogens (tertiary/aromatic N) is 2. The van der Waals surface area contributed by atoms with Gasteiger partial charge in [-0.1, -0.05) is 6.07 Å². The summed E-state index contributed by atoms with van der Waals surface area (Å²) in [6, 6.07) is 6.58. The molecule has 28 heavy (non-hydrogen) atoms. The minimum atomic E-state index is -4.43. The van der Waals surface area contributed by atoms with Gasteiger partial charge in [0, 0.05) is 18.3 Å². The highest BCUT2D eigenvalue weighted by molar-refractivity contribution is 14.1. The van der Waals surface area contributed by atoms with Crippen molar-refractivity contribution in [2.45, 2.75) is 43.6 Å². The van der Waals surface area contributed by atoms with Crippen LogP contribution in [0, 0.1) is 9.39 Å². The Morgan fingerprint density at radius 1 is 1.21 bits per heavy atom. The van der Waals surface area contributed by atoms with Crippen molar-refractivity contribution in [3.05, 3.63) is 57.0 Å². The van der Waals surface area contributed by atoms with Gasteiger partial charge >= 0.3 is 6.18 Å². The zero-order chi connectivity index (χ0) is 20.1. The normalized spacial score (nSPS) is 23.9. The Balaban J connectivity index is 1.51. The Morgan fingerprint density at radius 2 is 2.00 bits per heavy atom. The summed E-state index contributed by atoms with van der Waals surface area (Å²) >= 11 is 1.83. The van der Waals surface area contributed by atoms with Crippen LogP contribution in [0.4, 0.5) is 23.4 Å². The molecule has 2 aliphatic heterocycles. The average molecular weight is 505 g/mol. The van der Waals surface area contributed by atoms with Crippen molar-refractivity contribution < 1.29 is 22.4 Å². The lowest BCUT2D eigenvalue weighted by Gasteiger charge is -2.26. The van der Waals surface area contributed by atoms with Crippen LogP contribution in [0.3, 0.4) is 0 Å². The summed E-state index contributed by atoms with van der Waals surface area (Å²) in [6.07, 6.45) is -1.29. The van der Waals surface area contributed by atoms with Crippen LogP contribution in [0.2, 0.25) is 0 Å². The number of rotatable bonds is 3. The zero-order valence-electron chi connectivity index (χ0n) is 14.5. The van der Waals surface area contributed by atoms with E-state index in [1.54, 1.807) is 11.0 Å². The third-order valence-electron chi connectivity index (χ3n) is 5.38. The number of fused-ring (bicyclic) bond motifs is 2. The van der Waals surface area contributed by atoms with Gasteiger partial charge in [0.05, 0.1) is 20.7 Å². The quantitative estimate of drug-likeness (QED) is 0.486. The van der Waals surface area contributed by atoms with E-state index in [-0.39, 0.29) is 24.0 Å². The first-order chi connectivity index (χ1) is 13.3. The van der Waals surface area contributed by atoms with E-state index in [1.165, 1.54) is 18.2 Å². The molecule has 4 rings (SSSR count). The Kier molecular flexibility index (Phi) is 4.96. The minimum Gasteiger partial charge on any atom is -0.365 e. The Bertz CT molecular complexity index is 903. The van der Waals surface area contributed by atoms with Gasteiger partial charge in [0.2, 0.25) is 0 Å². The van der Waals surface area contributed by atoms with E-state index < -0.39 is 17.6 Å². The highest BCUT2D eigenvalue weighted by Gasteiger charge is 2.49. The molecule has 1 aromatic carbocycles. The van der Waals surface area contributed by atoms with Crippen molar-refractivity contribution in [1.82, 2.24) is 9.88 Å². The molecular formula is C19H16F4IN3O. The monoisotopic (exact) mass is 505 g/mol. The standard InChI is InChI=1S/C19H16F4IN3O/c20-13-3-1-2-12(17(13)24)18(28)27-11-5-6-15(27)14(8-11)26-16-7-4-10(9-25-16)19(21,22)23/h1-4,7,9,11,14-15H,5-6,8H2,(H,25,26)/t11-,14-,15+/m1/s1. The van der Waals surface area contributed by atoms with Gasteiger partial charge in [-0.3, -0.25) is 4.79 Å². The van der Waals surface area contributed by atoms with E-state index in [4.69, 9.17) is 0 Å². The molecule has 2 saturated heterocycles. The highest BCUT2D eigenvalue weighted by Crippen LogP contribution is 2.40. The molecule has 4 nitrogen and oxygen atoms in total. The van der Waals surface area contributed by atoms with Gasteiger partial charge in [0.1, 0.15) is 11.6 Å². The molecule has 0 spiro atoms. The third kappa shape index (κ3) is 3.44. The highest BCUT2D eigenvalue weighted by atomic mass is 127. The maximum Gasteiger partial charge on any atom is 0.417 e. The number of hydrogen-bond acceptors (Lipinski definition) is 3. The fourth-order valence-electron chi connectivity index (χ4n) is 4.11. The lowest BCUT2D eigenvalue weighted by atomic mass is 9.95. The number of pyridine rings is 1. The SMILES string of the molecule is O=C(c1cccc(F)c1I)N1[C@@H]2CC[C@H]1[C@H](Nc1ccc(C(F)(F)F)cn1)C2. The van der Waals surface area contributed by atoms with Gasteiger partial charge in [-0.25, -0.2) is 9.37 Å². The molecule has 2 bridgehead atoms. The van der Waals surface area contributed by atoms with E-state index in [0.29, 0.717) is 21.4 Å². The predicted octanol–water partition coefficient (Wildman–Crippen LogP) is 4.70. The van der Waals surface area contributed by atoms with Gasteiger partial charge in [-0.2, -0.15) is 13.2 Å². The molecule has 148 valence electrons. The van der Waals surface area contributed by atoms with E-state index >= 15 is 0 Å². The molecule has 2 fully saturated rings. The topological polar surface area (TPSA) is 45.2 Å². The number of amides is 1. The number of benzene rings is 1. The van der Waals surface area contributed by atoms with Crippen molar-refractivity contribution in [3.63, 3.8) is 0 Å². The number of hydrogen-bond donors (Lipinski definition) is 1. The first kappa shape index (κ1) is 19.4. The van der Waals surface area contributed by atoms with Crippen LogP contribution in [0.5, 0.6) is 0 Å². The van der Waals surface area contributed by atoms with Crippen molar-refractivity contribution in [1.29, 1.82) is 0 Å². The summed E-state index contributed by atoms with van der Waals surface area (Å²) < 4.78 is 52.2. The Morgan fingerprint density at radius 3 is 2.68 bits per heavy atom. The van der Waals surface area contributed by atoms with Crippen molar-refractivity contribution in [3.8, 4) is 0 Å². The Hall–Kier alpha value is -1.91. The molecule has 9 heteroatoms. The number of alkyl halides is 3. The molecule has 2 aliphatic rings.